The Labute approximate surface area is 99.6 Å². The van der Waals surface area contributed by atoms with Gasteiger partial charge in [0.15, 0.2) is 0 Å². The van der Waals surface area contributed by atoms with Crippen molar-refractivity contribution in [3.8, 4) is 0 Å². The van der Waals surface area contributed by atoms with Gasteiger partial charge in [0.1, 0.15) is 0 Å². The van der Waals surface area contributed by atoms with Gasteiger partial charge in [0.25, 0.3) is 5.91 Å². The van der Waals surface area contributed by atoms with Gasteiger partial charge in [-0.25, -0.2) is 0 Å². The van der Waals surface area contributed by atoms with E-state index in [0.29, 0.717) is 5.57 Å². The molecule has 1 N–H and O–H groups in total. The SMILES string of the molecule is C=C(C)C(=O)Nc1cc(Br)ccc1Br. The van der Waals surface area contributed by atoms with E-state index in [1.54, 1.807) is 6.92 Å². The summed E-state index contributed by atoms with van der Waals surface area (Å²) >= 11 is 6.67. The number of benzene rings is 1. The lowest BCUT2D eigenvalue weighted by molar-refractivity contribution is -0.112. The minimum atomic E-state index is -0.177. The Morgan fingerprint density at radius 3 is 2.64 bits per heavy atom. The summed E-state index contributed by atoms with van der Waals surface area (Å²) in [6.45, 7) is 5.23. The van der Waals surface area contributed by atoms with Gasteiger partial charge in [-0.2, -0.15) is 0 Å². The molecule has 0 atom stereocenters. The van der Waals surface area contributed by atoms with Crippen molar-refractivity contribution >= 4 is 43.5 Å². The van der Waals surface area contributed by atoms with Gasteiger partial charge >= 0.3 is 0 Å². The van der Waals surface area contributed by atoms with E-state index in [9.17, 15) is 4.79 Å². The van der Waals surface area contributed by atoms with E-state index in [-0.39, 0.29) is 5.91 Å². The zero-order chi connectivity index (χ0) is 10.7. The second kappa shape index (κ2) is 4.75. The first kappa shape index (κ1) is 11.5. The number of rotatable bonds is 2. The van der Waals surface area contributed by atoms with E-state index >= 15 is 0 Å². The monoisotopic (exact) mass is 317 g/mol. The van der Waals surface area contributed by atoms with E-state index in [0.717, 1.165) is 14.6 Å². The first-order valence-electron chi connectivity index (χ1n) is 3.92. The summed E-state index contributed by atoms with van der Waals surface area (Å²) in [6, 6.07) is 5.57. The highest BCUT2D eigenvalue weighted by Crippen LogP contribution is 2.26. The van der Waals surface area contributed by atoms with Crippen LogP contribution in [0.3, 0.4) is 0 Å². The molecule has 0 saturated carbocycles. The van der Waals surface area contributed by atoms with Crippen LogP contribution >= 0.6 is 31.9 Å². The minimum absolute atomic E-state index is 0.177. The maximum atomic E-state index is 11.3. The molecular formula is C10H9Br2NO. The van der Waals surface area contributed by atoms with E-state index in [4.69, 9.17) is 0 Å². The molecule has 0 aromatic heterocycles. The number of anilines is 1. The van der Waals surface area contributed by atoms with Crippen LogP contribution in [0.25, 0.3) is 0 Å². The Morgan fingerprint density at radius 2 is 2.07 bits per heavy atom. The fourth-order valence-electron chi connectivity index (χ4n) is 0.822. The molecule has 74 valence electrons. The second-order valence-electron chi connectivity index (χ2n) is 2.86. The molecule has 0 saturated heterocycles. The summed E-state index contributed by atoms with van der Waals surface area (Å²) < 4.78 is 1.76. The van der Waals surface area contributed by atoms with E-state index in [1.165, 1.54) is 0 Å². The molecule has 1 aromatic rings. The highest BCUT2D eigenvalue weighted by atomic mass is 79.9. The van der Waals surface area contributed by atoms with Crippen molar-refractivity contribution in [2.75, 3.05) is 5.32 Å². The van der Waals surface area contributed by atoms with Crippen molar-refractivity contribution in [2.45, 2.75) is 6.92 Å². The summed E-state index contributed by atoms with van der Waals surface area (Å²) in [5, 5.41) is 2.74. The van der Waals surface area contributed by atoms with E-state index in [2.05, 4.69) is 43.8 Å². The summed E-state index contributed by atoms with van der Waals surface area (Å²) in [7, 11) is 0. The van der Waals surface area contributed by atoms with Crippen LogP contribution in [0.1, 0.15) is 6.92 Å². The first-order valence-corrected chi connectivity index (χ1v) is 5.51. The number of amides is 1. The highest BCUT2D eigenvalue weighted by Gasteiger charge is 2.05. The molecular weight excluding hydrogens is 310 g/mol. The van der Waals surface area contributed by atoms with Gasteiger partial charge in [-0.05, 0) is 41.1 Å². The number of hydrogen-bond donors (Lipinski definition) is 1. The van der Waals surface area contributed by atoms with Gasteiger partial charge in [0.05, 0.1) is 5.69 Å². The third kappa shape index (κ3) is 2.96. The third-order valence-corrected chi connectivity index (χ3v) is 2.75. The Balaban J connectivity index is 2.91. The minimum Gasteiger partial charge on any atom is -0.321 e. The van der Waals surface area contributed by atoms with Crippen molar-refractivity contribution < 1.29 is 4.79 Å². The molecule has 1 rings (SSSR count). The van der Waals surface area contributed by atoms with Crippen LogP contribution in [0.2, 0.25) is 0 Å². The molecule has 4 heteroatoms. The summed E-state index contributed by atoms with van der Waals surface area (Å²) in [4.78, 5) is 11.3. The van der Waals surface area contributed by atoms with Crippen molar-refractivity contribution in [3.05, 3.63) is 39.3 Å². The molecule has 0 aliphatic carbocycles. The average molecular weight is 319 g/mol. The van der Waals surface area contributed by atoms with Crippen LogP contribution in [0.4, 0.5) is 5.69 Å². The predicted molar refractivity (Wildman–Crippen MR) is 65.3 cm³/mol. The molecule has 14 heavy (non-hydrogen) atoms. The number of nitrogens with one attached hydrogen (secondary N) is 1. The molecule has 2 nitrogen and oxygen atoms in total. The largest absolute Gasteiger partial charge is 0.321 e. The lowest BCUT2D eigenvalue weighted by atomic mass is 10.3. The Kier molecular flexibility index (Phi) is 3.89. The van der Waals surface area contributed by atoms with Crippen LogP contribution in [0, 0.1) is 0 Å². The number of carbonyl (C=O) groups excluding carboxylic acids is 1. The average Bonchev–Trinajstić information content (AvgIpc) is 2.11. The summed E-state index contributed by atoms with van der Waals surface area (Å²) in [5.74, 6) is -0.177. The summed E-state index contributed by atoms with van der Waals surface area (Å²) in [5.41, 5.74) is 1.21. The van der Waals surface area contributed by atoms with Crippen molar-refractivity contribution in [2.24, 2.45) is 0 Å². The van der Waals surface area contributed by atoms with Crippen LogP contribution in [0.15, 0.2) is 39.3 Å². The standard InChI is InChI=1S/C10H9Br2NO/c1-6(2)10(14)13-9-5-7(11)3-4-8(9)12/h3-5H,1H2,2H3,(H,13,14). The third-order valence-electron chi connectivity index (χ3n) is 1.56. The topological polar surface area (TPSA) is 29.1 Å². The summed E-state index contributed by atoms with van der Waals surface area (Å²) in [6.07, 6.45) is 0. The van der Waals surface area contributed by atoms with E-state index in [1.807, 2.05) is 18.2 Å². The van der Waals surface area contributed by atoms with Gasteiger partial charge in [-0.3, -0.25) is 4.79 Å². The molecule has 0 bridgehead atoms. The second-order valence-corrected chi connectivity index (χ2v) is 4.63. The van der Waals surface area contributed by atoms with Crippen LogP contribution < -0.4 is 5.32 Å². The van der Waals surface area contributed by atoms with Crippen molar-refractivity contribution in [1.29, 1.82) is 0 Å². The maximum absolute atomic E-state index is 11.3. The number of carbonyl (C=O) groups is 1. The first-order chi connectivity index (χ1) is 6.50. The fraction of sp³-hybridized carbons (Fsp3) is 0.100. The molecule has 0 aliphatic rings. The molecule has 0 radical (unpaired) electrons. The Bertz CT molecular complexity index is 388. The predicted octanol–water partition coefficient (Wildman–Crippen LogP) is 3.73. The molecule has 0 spiro atoms. The lowest BCUT2D eigenvalue weighted by Crippen LogP contribution is -2.12. The molecule has 1 amide bonds. The Morgan fingerprint density at radius 1 is 1.43 bits per heavy atom. The van der Waals surface area contributed by atoms with Crippen molar-refractivity contribution in [3.63, 3.8) is 0 Å². The van der Waals surface area contributed by atoms with Gasteiger partial charge in [-0.15, -0.1) is 0 Å². The molecule has 1 aromatic carbocycles. The number of halogens is 2. The van der Waals surface area contributed by atoms with Crippen LogP contribution in [0.5, 0.6) is 0 Å². The van der Waals surface area contributed by atoms with Crippen LogP contribution in [-0.2, 0) is 4.79 Å². The molecule has 0 fully saturated rings. The van der Waals surface area contributed by atoms with Crippen LogP contribution in [-0.4, -0.2) is 5.91 Å². The zero-order valence-corrected chi connectivity index (χ0v) is 10.8. The van der Waals surface area contributed by atoms with Gasteiger partial charge in [0.2, 0.25) is 0 Å². The normalized spacial score (nSPS) is 9.64. The fourth-order valence-corrected chi connectivity index (χ4v) is 1.53. The van der Waals surface area contributed by atoms with Gasteiger partial charge in [-0.1, -0.05) is 22.5 Å². The van der Waals surface area contributed by atoms with E-state index < -0.39 is 0 Å². The lowest BCUT2D eigenvalue weighted by Gasteiger charge is -2.07. The molecule has 0 unspecified atom stereocenters. The molecule has 0 heterocycles. The highest BCUT2D eigenvalue weighted by molar-refractivity contribution is 9.11. The zero-order valence-electron chi connectivity index (χ0n) is 7.60. The molecule has 0 aliphatic heterocycles. The smallest absolute Gasteiger partial charge is 0.250 e. The quantitative estimate of drug-likeness (QED) is 0.827. The van der Waals surface area contributed by atoms with Gasteiger partial charge < -0.3 is 5.32 Å². The van der Waals surface area contributed by atoms with Crippen molar-refractivity contribution in [1.82, 2.24) is 0 Å². The number of hydrogen-bond acceptors (Lipinski definition) is 1. The maximum Gasteiger partial charge on any atom is 0.250 e. The van der Waals surface area contributed by atoms with Gasteiger partial charge in [0, 0.05) is 14.5 Å². The Hall–Kier alpha value is -0.610.